The third kappa shape index (κ3) is 8.69. The van der Waals surface area contributed by atoms with E-state index in [0.717, 1.165) is 24.2 Å². The number of benzene rings is 2. The Balaban J connectivity index is 1.73. The zero-order valence-corrected chi connectivity index (χ0v) is 19.9. The van der Waals surface area contributed by atoms with Gasteiger partial charge in [0.05, 0.1) is 29.0 Å². The summed E-state index contributed by atoms with van der Waals surface area (Å²) in [5, 5.41) is 13.0. The number of hydrogen-bond donors (Lipinski definition) is 1. The molecule has 2 aromatic rings. The first-order valence-corrected chi connectivity index (χ1v) is 11.2. The molecule has 0 heterocycles. The average Bonchev–Trinajstić information content (AvgIpc) is 2.73. The van der Waals surface area contributed by atoms with Crippen molar-refractivity contribution in [3.63, 3.8) is 0 Å². The van der Waals surface area contributed by atoms with Crippen molar-refractivity contribution >= 4 is 52.1 Å². The summed E-state index contributed by atoms with van der Waals surface area (Å²) in [6.45, 7) is 3.12. The van der Waals surface area contributed by atoms with E-state index in [1.807, 2.05) is 31.2 Å². The molecule has 31 heavy (non-hydrogen) atoms. The first-order valence-electron chi connectivity index (χ1n) is 9.64. The lowest BCUT2D eigenvalue weighted by molar-refractivity contribution is 0.266. The van der Waals surface area contributed by atoms with Gasteiger partial charge in [-0.1, -0.05) is 58.5 Å². The second-order valence-electron chi connectivity index (χ2n) is 6.35. The van der Waals surface area contributed by atoms with Crippen molar-refractivity contribution in [1.82, 2.24) is 0 Å². The van der Waals surface area contributed by atoms with Gasteiger partial charge in [0, 0.05) is 12.1 Å². The van der Waals surface area contributed by atoms with Gasteiger partial charge in [-0.3, -0.25) is 0 Å². The zero-order valence-electron chi connectivity index (χ0n) is 16.9. The first-order chi connectivity index (χ1) is 14.9. The second-order valence-corrected chi connectivity index (χ2v) is 8.17. The van der Waals surface area contributed by atoms with E-state index in [0.29, 0.717) is 46.9 Å². The van der Waals surface area contributed by atoms with Crippen LogP contribution in [0.3, 0.4) is 0 Å². The van der Waals surface area contributed by atoms with Crippen LogP contribution in [0, 0.1) is 0 Å². The van der Waals surface area contributed by atoms with E-state index in [2.05, 4.69) is 5.16 Å². The van der Waals surface area contributed by atoms with Gasteiger partial charge in [-0.2, -0.15) is 0 Å². The van der Waals surface area contributed by atoms with Gasteiger partial charge in [0.15, 0.2) is 5.75 Å². The monoisotopic (exact) mass is 505 g/mol. The summed E-state index contributed by atoms with van der Waals surface area (Å²) in [5.74, 6) is 1.66. The van der Waals surface area contributed by atoms with Crippen LogP contribution in [0.15, 0.2) is 52.1 Å². The third-order valence-electron chi connectivity index (χ3n) is 4.16. The Kier molecular flexibility index (Phi) is 11.2. The molecule has 0 saturated heterocycles. The molecule has 0 fully saturated rings. The maximum absolute atomic E-state index is 8.97. The largest absolute Gasteiger partial charge is 0.494 e. The highest BCUT2D eigenvalue weighted by molar-refractivity contribution is 6.55. The summed E-state index contributed by atoms with van der Waals surface area (Å²) < 4.78 is 17.0. The minimum Gasteiger partial charge on any atom is -0.494 e. The molecule has 1 N–H and O–H groups in total. The summed E-state index contributed by atoms with van der Waals surface area (Å²) in [5.41, 5.74) is 1.51. The Morgan fingerprint density at radius 3 is 2.10 bits per heavy atom. The first kappa shape index (κ1) is 25.5. The lowest BCUT2D eigenvalue weighted by atomic mass is 10.1. The van der Waals surface area contributed by atoms with Gasteiger partial charge in [0.2, 0.25) is 0 Å². The van der Waals surface area contributed by atoms with Crippen LogP contribution < -0.4 is 14.2 Å². The van der Waals surface area contributed by atoms with Crippen LogP contribution >= 0.6 is 46.4 Å². The van der Waals surface area contributed by atoms with Crippen molar-refractivity contribution < 1.29 is 19.4 Å². The molecule has 0 saturated carbocycles. The van der Waals surface area contributed by atoms with Crippen molar-refractivity contribution in [3.8, 4) is 17.2 Å². The molecule has 168 valence electrons. The minimum atomic E-state index is 0.125. The molecule has 5 nitrogen and oxygen atoms in total. The van der Waals surface area contributed by atoms with Gasteiger partial charge >= 0.3 is 0 Å². The summed E-state index contributed by atoms with van der Waals surface area (Å²) in [6, 6.07) is 10.7. The van der Waals surface area contributed by atoms with Crippen molar-refractivity contribution in [2.24, 2.45) is 5.16 Å². The molecule has 0 spiro atoms. The van der Waals surface area contributed by atoms with Gasteiger partial charge in [0.25, 0.3) is 0 Å². The SMILES string of the molecule is CCC(=NO)c1ccc(OCCCCOc2c(Cl)cc(OCC=C(Cl)Cl)cc2Cl)cc1. The van der Waals surface area contributed by atoms with Crippen LogP contribution in [0.1, 0.15) is 31.7 Å². The van der Waals surface area contributed by atoms with Gasteiger partial charge in [-0.05, 0) is 55.2 Å². The number of oxime groups is 1. The molecule has 0 bridgehead atoms. The quantitative estimate of drug-likeness (QED) is 0.140. The van der Waals surface area contributed by atoms with E-state index < -0.39 is 0 Å². The third-order valence-corrected chi connectivity index (χ3v) is 5.03. The van der Waals surface area contributed by atoms with Crippen molar-refractivity contribution in [2.75, 3.05) is 19.8 Å². The molecule has 2 aromatic carbocycles. The Hall–Kier alpha value is -1.79. The normalized spacial score (nSPS) is 11.2. The predicted octanol–water partition coefficient (Wildman–Crippen LogP) is 7.52. The minimum absolute atomic E-state index is 0.125. The van der Waals surface area contributed by atoms with Crippen LogP contribution in [0.5, 0.6) is 17.2 Å². The Bertz CT molecular complexity index is 874. The molecule has 0 aliphatic carbocycles. The molecule has 0 radical (unpaired) electrons. The van der Waals surface area contributed by atoms with Crippen LogP contribution in [-0.2, 0) is 0 Å². The van der Waals surface area contributed by atoms with E-state index in [1.54, 1.807) is 12.1 Å². The number of halogens is 4. The smallest absolute Gasteiger partial charge is 0.156 e. The Morgan fingerprint density at radius 1 is 0.935 bits per heavy atom. The summed E-state index contributed by atoms with van der Waals surface area (Å²) in [6.07, 6.45) is 3.72. The fourth-order valence-electron chi connectivity index (χ4n) is 2.60. The van der Waals surface area contributed by atoms with Gasteiger partial charge < -0.3 is 19.4 Å². The molecular weight excluding hydrogens is 484 g/mol. The molecule has 0 aliphatic rings. The van der Waals surface area contributed by atoms with Crippen LogP contribution in [0.25, 0.3) is 0 Å². The Labute approximate surface area is 202 Å². The van der Waals surface area contributed by atoms with E-state index in [1.165, 1.54) is 6.08 Å². The predicted molar refractivity (Wildman–Crippen MR) is 127 cm³/mol. The fourth-order valence-corrected chi connectivity index (χ4v) is 3.31. The van der Waals surface area contributed by atoms with Gasteiger partial charge in [-0.25, -0.2) is 0 Å². The number of ether oxygens (including phenoxy) is 3. The lowest BCUT2D eigenvalue weighted by Crippen LogP contribution is -2.04. The van der Waals surface area contributed by atoms with Crippen LogP contribution in [-0.4, -0.2) is 30.7 Å². The molecule has 0 aliphatic heterocycles. The van der Waals surface area contributed by atoms with Crippen molar-refractivity contribution in [1.29, 1.82) is 0 Å². The highest BCUT2D eigenvalue weighted by Gasteiger charge is 2.10. The zero-order chi connectivity index (χ0) is 22.6. The van der Waals surface area contributed by atoms with Crippen molar-refractivity contribution in [3.05, 3.63) is 62.6 Å². The van der Waals surface area contributed by atoms with E-state index >= 15 is 0 Å². The van der Waals surface area contributed by atoms with Crippen LogP contribution in [0.4, 0.5) is 0 Å². The van der Waals surface area contributed by atoms with E-state index in [9.17, 15) is 0 Å². The molecular formula is C22H23Cl4NO4. The summed E-state index contributed by atoms with van der Waals surface area (Å²) in [4.78, 5) is 0. The molecule has 0 unspecified atom stereocenters. The van der Waals surface area contributed by atoms with Crippen LogP contribution in [0.2, 0.25) is 10.0 Å². The maximum Gasteiger partial charge on any atom is 0.156 e. The summed E-state index contributed by atoms with van der Waals surface area (Å²) in [7, 11) is 0. The van der Waals surface area contributed by atoms with Gasteiger partial charge in [0.1, 0.15) is 22.6 Å². The average molecular weight is 507 g/mol. The van der Waals surface area contributed by atoms with E-state index in [-0.39, 0.29) is 11.1 Å². The number of unbranched alkanes of at least 4 members (excludes halogenated alkanes) is 1. The van der Waals surface area contributed by atoms with E-state index in [4.69, 9.17) is 65.8 Å². The maximum atomic E-state index is 8.97. The fraction of sp³-hybridized carbons (Fsp3) is 0.318. The Morgan fingerprint density at radius 2 is 1.55 bits per heavy atom. The molecule has 9 heteroatoms. The summed E-state index contributed by atoms with van der Waals surface area (Å²) >= 11 is 23.6. The second kappa shape index (κ2) is 13.6. The molecule has 0 amide bonds. The lowest BCUT2D eigenvalue weighted by Gasteiger charge is -2.12. The van der Waals surface area contributed by atoms with Crippen molar-refractivity contribution in [2.45, 2.75) is 26.2 Å². The standard InChI is InChI=1S/C22H23Cl4NO4/c1-2-20(27-28)15-5-7-16(8-6-15)29-10-3-4-11-31-22-18(23)13-17(14-19(22)24)30-12-9-21(25)26/h5-9,13-14,28H,2-4,10-12H2,1H3. The molecule has 2 rings (SSSR count). The highest BCUT2D eigenvalue weighted by atomic mass is 35.5. The topological polar surface area (TPSA) is 60.3 Å². The number of rotatable bonds is 12. The molecule has 0 atom stereocenters. The highest BCUT2D eigenvalue weighted by Crippen LogP contribution is 2.37. The number of nitrogens with zero attached hydrogens (tertiary/aromatic N) is 1. The van der Waals surface area contributed by atoms with Gasteiger partial charge in [-0.15, -0.1) is 0 Å². The number of hydrogen-bond acceptors (Lipinski definition) is 5. The molecule has 0 aromatic heterocycles.